The van der Waals surface area contributed by atoms with Crippen LogP contribution in [-0.2, 0) is 7.05 Å². The number of nitrogens with zero attached hydrogens (tertiary/aromatic N) is 5. The van der Waals surface area contributed by atoms with Crippen molar-refractivity contribution < 1.29 is 14.3 Å². The number of aromatic nitrogens is 4. The quantitative estimate of drug-likeness (QED) is 0.690. The lowest BCUT2D eigenvalue weighted by Crippen LogP contribution is -2.38. The van der Waals surface area contributed by atoms with Crippen molar-refractivity contribution in [2.45, 2.75) is 18.8 Å². The summed E-state index contributed by atoms with van der Waals surface area (Å²) >= 11 is 0. The van der Waals surface area contributed by atoms with Crippen molar-refractivity contribution in [2.24, 2.45) is 7.05 Å². The normalized spacial score (nSPS) is 15.0. The number of fused-ring (bicyclic) bond motifs is 1. The zero-order valence-corrected chi connectivity index (χ0v) is 16.3. The molecule has 0 aliphatic carbocycles. The molecule has 146 valence electrons. The van der Waals surface area contributed by atoms with Gasteiger partial charge in [-0.05, 0) is 31.0 Å². The van der Waals surface area contributed by atoms with Crippen LogP contribution in [0.15, 0.2) is 30.6 Å². The van der Waals surface area contributed by atoms with Crippen molar-refractivity contribution in [1.82, 2.24) is 24.6 Å². The van der Waals surface area contributed by atoms with Gasteiger partial charge in [-0.3, -0.25) is 4.79 Å². The Kier molecular flexibility index (Phi) is 4.85. The summed E-state index contributed by atoms with van der Waals surface area (Å²) in [5.74, 6) is 1.41. The highest BCUT2D eigenvalue weighted by Crippen LogP contribution is 2.32. The molecule has 1 fully saturated rings. The van der Waals surface area contributed by atoms with Crippen LogP contribution in [0.4, 0.5) is 0 Å². The highest BCUT2D eigenvalue weighted by molar-refractivity contribution is 5.97. The van der Waals surface area contributed by atoms with Gasteiger partial charge in [-0.2, -0.15) is 5.10 Å². The molecule has 8 nitrogen and oxygen atoms in total. The van der Waals surface area contributed by atoms with Crippen molar-refractivity contribution in [3.63, 3.8) is 0 Å². The van der Waals surface area contributed by atoms with Gasteiger partial charge in [-0.1, -0.05) is 0 Å². The van der Waals surface area contributed by atoms with Crippen LogP contribution in [0.2, 0.25) is 0 Å². The fraction of sp³-hybridized carbons (Fsp3) is 0.400. The topological polar surface area (TPSA) is 82.4 Å². The molecule has 1 aliphatic heterocycles. The number of aryl methyl sites for hydroxylation is 1. The Labute approximate surface area is 163 Å². The first-order chi connectivity index (χ1) is 13.6. The number of piperidine rings is 1. The van der Waals surface area contributed by atoms with Gasteiger partial charge in [0.15, 0.2) is 5.65 Å². The second-order valence-corrected chi connectivity index (χ2v) is 6.87. The molecule has 0 radical (unpaired) electrons. The minimum absolute atomic E-state index is 0.0418. The Balaban J connectivity index is 1.52. The van der Waals surface area contributed by atoms with Crippen molar-refractivity contribution >= 4 is 17.1 Å². The lowest BCUT2D eigenvalue weighted by molar-refractivity contribution is 0.0708. The number of rotatable bonds is 4. The van der Waals surface area contributed by atoms with Gasteiger partial charge < -0.3 is 14.4 Å². The van der Waals surface area contributed by atoms with Gasteiger partial charge in [-0.25, -0.2) is 14.6 Å². The van der Waals surface area contributed by atoms with Gasteiger partial charge >= 0.3 is 0 Å². The minimum atomic E-state index is -0.0418. The van der Waals surface area contributed by atoms with E-state index in [0.717, 1.165) is 29.7 Å². The number of ether oxygens (including phenoxy) is 2. The average Bonchev–Trinajstić information content (AvgIpc) is 3.09. The van der Waals surface area contributed by atoms with Crippen molar-refractivity contribution in [2.75, 3.05) is 27.3 Å². The number of amides is 1. The fourth-order valence-electron chi connectivity index (χ4n) is 3.79. The maximum absolute atomic E-state index is 13.1. The van der Waals surface area contributed by atoms with Gasteiger partial charge in [0.1, 0.15) is 17.0 Å². The van der Waals surface area contributed by atoms with E-state index in [2.05, 4.69) is 15.1 Å². The summed E-state index contributed by atoms with van der Waals surface area (Å²) in [6, 6.07) is 5.28. The molecule has 3 heterocycles. The second-order valence-electron chi connectivity index (χ2n) is 6.87. The van der Waals surface area contributed by atoms with Crippen LogP contribution >= 0.6 is 0 Å². The second kappa shape index (κ2) is 7.46. The van der Waals surface area contributed by atoms with Gasteiger partial charge in [0.05, 0.1) is 25.5 Å². The molecule has 2 aromatic heterocycles. The highest BCUT2D eigenvalue weighted by atomic mass is 16.5. The molecule has 1 saturated heterocycles. The zero-order valence-electron chi connectivity index (χ0n) is 16.3. The minimum Gasteiger partial charge on any atom is -0.497 e. The Morgan fingerprint density at radius 3 is 2.57 bits per heavy atom. The number of methoxy groups -OCH3 is 2. The summed E-state index contributed by atoms with van der Waals surface area (Å²) in [5, 5.41) is 4.64. The third-order valence-electron chi connectivity index (χ3n) is 5.29. The third kappa shape index (κ3) is 3.15. The van der Waals surface area contributed by atoms with Crippen molar-refractivity contribution in [3.8, 4) is 11.5 Å². The molecular formula is C20H23N5O3. The molecular weight excluding hydrogens is 358 g/mol. The molecule has 0 bridgehead atoms. The molecule has 0 spiro atoms. The van der Waals surface area contributed by atoms with Crippen LogP contribution in [0.25, 0.3) is 11.2 Å². The van der Waals surface area contributed by atoms with E-state index >= 15 is 0 Å². The van der Waals surface area contributed by atoms with Crippen LogP contribution in [-0.4, -0.2) is 57.9 Å². The van der Waals surface area contributed by atoms with E-state index in [9.17, 15) is 4.79 Å². The molecule has 28 heavy (non-hydrogen) atoms. The summed E-state index contributed by atoms with van der Waals surface area (Å²) in [7, 11) is 5.04. The third-order valence-corrected chi connectivity index (χ3v) is 5.29. The summed E-state index contributed by atoms with van der Waals surface area (Å²) in [6.45, 7) is 1.31. The number of hydrogen-bond donors (Lipinski definition) is 0. The first-order valence-corrected chi connectivity index (χ1v) is 9.27. The Morgan fingerprint density at radius 2 is 1.86 bits per heavy atom. The summed E-state index contributed by atoms with van der Waals surface area (Å²) < 4.78 is 12.4. The molecule has 0 saturated carbocycles. The van der Waals surface area contributed by atoms with E-state index in [-0.39, 0.29) is 11.8 Å². The van der Waals surface area contributed by atoms with Crippen LogP contribution in [0.1, 0.15) is 34.8 Å². The van der Waals surface area contributed by atoms with E-state index in [0.29, 0.717) is 30.2 Å². The summed E-state index contributed by atoms with van der Waals surface area (Å²) in [5.41, 5.74) is 3.13. The predicted molar refractivity (Wildman–Crippen MR) is 104 cm³/mol. The molecule has 0 unspecified atom stereocenters. The molecule has 0 N–H and O–H groups in total. The number of carbonyl (C=O) groups excluding carboxylic acids is 1. The largest absolute Gasteiger partial charge is 0.497 e. The van der Waals surface area contributed by atoms with Crippen LogP contribution in [0, 0.1) is 0 Å². The number of benzene rings is 1. The van der Waals surface area contributed by atoms with Gasteiger partial charge in [-0.15, -0.1) is 0 Å². The average molecular weight is 381 g/mol. The summed E-state index contributed by atoms with van der Waals surface area (Å²) in [4.78, 5) is 23.7. The van der Waals surface area contributed by atoms with Gasteiger partial charge in [0.2, 0.25) is 0 Å². The molecule has 1 aromatic carbocycles. The first kappa shape index (κ1) is 18.2. The maximum Gasteiger partial charge on any atom is 0.257 e. The van der Waals surface area contributed by atoms with E-state index in [4.69, 9.17) is 9.47 Å². The van der Waals surface area contributed by atoms with E-state index in [1.807, 2.05) is 11.9 Å². The number of likely N-dealkylation sites (tertiary alicyclic amines) is 1. The molecule has 3 aromatic rings. The van der Waals surface area contributed by atoms with Crippen LogP contribution < -0.4 is 9.47 Å². The van der Waals surface area contributed by atoms with E-state index in [1.165, 1.54) is 0 Å². The molecule has 4 rings (SSSR count). The lowest BCUT2D eigenvalue weighted by atomic mass is 9.92. The predicted octanol–water partition coefficient (Wildman–Crippen LogP) is 2.40. The molecule has 8 heteroatoms. The van der Waals surface area contributed by atoms with Crippen LogP contribution in [0.5, 0.6) is 11.5 Å². The molecule has 1 aliphatic rings. The standard InChI is InChI=1S/C20H23N5O3/c1-24-19-18(21-8-9-22-19)17(23-24)13-6-10-25(11-7-13)20(26)15-12-14(27-2)4-5-16(15)28-3/h4-5,8-9,12-13H,6-7,10-11H2,1-3H3. The van der Waals surface area contributed by atoms with Gasteiger partial charge in [0.25, 0.3) is 5.91 Å². The SMILES string of the molecule is COc1ccc(OC)c(C(=O)N2CCC(c3nn(C)c4nccnc34)CC2)c1. The highest BCUT2D eigenvalue weighted by Gasteiger charge is 2.29. The smallest absolute Gasteiger partial charge is 0.257 e. The molecule has 1 amide bonds. The molecule has 0 atom stereocenters. The van der Waals surface area contributed by atoms with E-state index in [1.54, 1.807) is 49.5 Å². The number of hydrogen-bond acceptors (Lipinski definition) is 6. The van der Waals surface area contributed by atoms with Crippen molar-refractivity contribution in [1.29, 1.82) is 0 Å². The lowest BCUT2D eigenvalue weighted by Gasteiger charge is -2.31. The zero-order chi connectivity index (χ0) is 19.7. The Bertz CT molecular complexity index is 1010. The van der Waals surface area contributed by atoms with Crippen molar-refractivity contribution in [3.05, 3.63) is 41.9 Å². The summed E-state index contributed by atoms with van der Waals surface area (Å²) in [6.07, 6.45) is 5.04. The Morgan fingerprint density at radius 1 is 1.11 bits per heavy atom. The first-order valence-electron chi connectivity index (χ1n) is 9.27. The van der Waals surface area contributed by atoms with E-state index < -0.39 is 0 Å². The van der Waals surface area contributed by atoms with Gasteiger partial charge in [0, 0.05) is 38.4 Å². The Hall–Kier alpha value is -3.16. The maximum atomic E-state index is 13.1. The number of carbonyl (C=O) groups is 1. The van der Waals surface area contributed by atoms with Crippen LogP contribution in [0.3, 0.4) is 0 Å². The fourth-order valence-corrected chi connectivity index (χ4v) is 3.79. The monoisotopic (exact) mass is 381 g/mol.